The molecule has 1 aromatic rings. The normalized spacial score (nSPS) is 14.1. The Bertz CT molecular complexity index is 608. The highest BCUT2D eigenvalue weighted by atomic mass is 16.5. The predicted octanol–water partition coefficient (Wildman–Crippen LogP) is 0.610. The number of ether oxygens (including phenoxy) is 2. The van der Waals surface area contributed by atoms with Crippen LogP contribution in [0.25, 0.3) is 0 Å². The molecule has 0 aliphatic carbocycles. The number of carbonyl (C=O) groups excluding carboxylic acids is 2. The molecule has 1 aliphatic heterocycles. The third-order valence-electron chi connectivity index (χ3n) is 3.96. The first-order valence-electron chi connectivity index (χ1n) is 8.04. The maximum Gasteiger partial charge on any atom is 0.303 e. The Balaban J connectivity index is 1.73. The second-order valence-electron chi connectivity index (χ2n) is 5.62. The summed E-state index contributed by atoms with van der Waals surface area (Å²) in [6.45, 7) is 1.59. The van der Waals surface area contributed by atoms with Gasteiger partial charge in [0, 0.05) is 32.6 Å². The van der Waals surface area contributed by atoms with Crippen LogP contribution in [-0.4, -0.2) is 72.6 Å². The molecule has 25 heavy (non-hydrogen) atoms. The molecule has 1 saturated heterocycles. The van der Waals surface area contributed by atoms with Gasteiger partial charge in [-0.25, -0.2) is 0 Å². The lowest BCUT2D eigenvalue weighted by molar-refractivity contribution is -0.143. The van der Waals surface area contributed by atoms with Gasteiger partial charge in [0.25, 0.3) is 5.91 Å². The van der Waals surface area contributed by atoms with Crippen molar-refractivity contribution in [1.82, 2.24) is 9.80 Å². The zero-order valence-corrected chi connectivity index (χ0v) is 14.1. The summed E-state index contributed by atoms with van der Waals surface area (Å²) in [6, 6.07) is 6.96. The van der Waals surface area contributed by atoms with Crippen molar-refractivity contribution in [3.05, 3.63) is 24.3 Å². The van der Waals surface area contributed by atoms with Crippen LogP contribution in [-0.2, 0) is 14.4 Å². The molecule has 2 amide bonds. The first-order chi connectivity index (χ1) is 12.0. The number of hydrogen-bond donors (Lipinski definition) is 1. The van der Waals surface area contributed by atoms with Gasteiger partial charge in [0.1, 0.15) is 11.5 Å². The van der Waals surface area contributed by atoms with Crippen molar-refractivity contribution in [2.24, 2.45) is 0 Å². The summed E-state index contributed by atoms with van der Waals surface area (Å²) >= 11 is 0. The Morgan fingerprint density at radius 3 is 1.96 bits per heavy atom. The SMILES string of the molecule is COc1ccc(OCC(=O)N2CCN(C(=O)CCC(=O)O)CC2)cc1. The summed E-state index contributed by atoms with van der Waals surface area (Å²) in [5.41, 5.74) is 0. The van der Waals surface area contributed by atoms with Gasteiger partial charge in [-0.15, -0.1) is 0 Å². The average Bonchev–Trinajstić information content (AvgIpc) is 2.64. The number of carboxylic acid groups (broad SMARTS) is 1. The van der Waals surface area contributed by atoms with Crippen molar-refractivity contribution in [2.75, 3.05) is 39.9 Å². The van der Waals surface area contributed by atoms with Gasteiger partial charge in [-0.2, -0.15) is 0 Å². The summed E-state index contributed by atoms with van der Waals surface area (Å²) in [4.78, 5) is 37.8. The molecule has 136 valence electrons. The van der Waals surface area contributed by atoms with Gasteiger partial charge in [-0.1, -0.05) is 0 Å². The first-order valence-corrected chi connectivity index (χ1v) is 8.04. The number of piperazine rings is 1. The first kappa shape index (κ1) is 18.6. The van der Waals surface area contributed by atoms with E-state index in [9.17, 15) is 14.4 Å². The van der Waals surface area contributed by atoms with E-state index in [1.54, 1.807) is 41.2 Å². The van der Waals surface area contributed by atoms with Crippen molar-refractivity contribution >= 4 is 17.8 Å². The second kappa shape index (κ2) is 8.91. The monoisotopic (exact) mass is 350 g/mol. The fourth-order valence-corrected chi connectivity index (χ4v) is 2.49. The number of rotatable bonds is 7. The topological polar surface area (TPSA) is 96.4 Å². The molecule has 8 heteroatoms. The van der Waals surface area contributed by atoms with Crippen LogP contribution in [0.15, 0.2) is 24.3 Å². The third-order valence-corrected chi connectivity index (χ3v) is 3.96. The Morgan fingerprint density at radius 2 is 1.44 bits per heavy atom. The molecule has 0 bridgehead atoms. The minimum Gasteiger partial charge on any atom is -0.497 e. The molecule has 1 aliphatic rings. The molecule has 1 aromatic carbocycles. The minimum absolute atomic E-state index is 0.0101. The fraction of sp³-hybridized carbons (Fsp3) is 0.471. The molecule has 0 radical (unpaired) electrons. The second-order valence-corrected chi connectivity index (χ2v) is 5.62. The van der Waals surface area contributed by atoms with Crippen LogP contribution < -0.4 is 9.47 Å². The highest BCUT2D eigenvalue weighted by molar-refractivity contribution is 5.81. The largest absolute Gasteiger partial charge is 0.497 e. The van der Waals surface area contributed by atoms with Gasteiger partial charge in [0.05, 0.1) is 13.5 Å². The molecule has 2 rings (SSSR count). The summed E-state index contributed by atoms with van der Waals surface area (Å²) in [7, 11) is 1.57. The van der Waals surface area contributed by atoms with Crippen molar-refractivity contribution in [3.63, 3.8) is 0 Å². The molecule has 0 saturated carbocycles. The van der Waals surface area contributed by atoms with Crippen molar-refractivity contribution in [1.29, 1.82) is 0 Å². The molecule has 1 N–H and O–H groups in total. The highest BCUT2D eigenvalue weighted by Crippen LogP contribution is 2.17. The van der Waals surface area contributed by atoms with E-state index in [1.165, 1.54) is 0 Å². The van der Waals surface area contributed by atoms with E-state index in [2.05, 4.69) is 0 Å². The Labute approximate surface area is 145 Å². The van der Waals surface area contributed by atoms with Gasteiger partial charge >= 0.3 is 5.97 Å². The van der Waals surface area contributed by atoms with Crippen LogP contribution in [0, 0.1) is 0 Å². The number of carboxylic acids is 1. The molecule has 1 heterocycles. The van der Waals surface area contributed by atoms with Gasteiger partial charge in [0.15, 0.2) is 6.61 Å². The van der Waals surface area contributed by atoms with E-state index in [0.717, 1.165) is 0 Å². The smallest absolute Gasteiger partial charge is 0.303 e. The van der Waals surface area contributed by atoms with Crippen LogP contribution in [0.3, 0.4) is 0 Å². The van der Waals surface area contributed by atoms with Gasteiger partial charge < -0.3 is 24.4 Å². The summed E-state index contributed by atoms with van der Waals surface area (Å²) < 4.78 is 10.5. The zero-order valence-electron chi connectivity index (χ0n) is 14.1. The standard InChI is InChI=1S/C17H22N2O6/c1-24-13-2-4-14(5-3-13)25-12-16(21)19-10-8-18(9-11-19)15(20)6-7-17(22)23/h2-5H,6-12H2,1H3,(H,22,23). The van der Waals surface area contributed by atoms with Crippen LogP contribution in [0.4, 0.5) is 0 Å². The number of hydrogen-bond acceptors (Lipinski definition) is 5. The summed E-state index contributed by atoms with van der Waals surface area (Å²) in [5.74, 6) is -0.0331. The maximum absolute atomic E-state index is 12.2. The number of benzene rings is 1. The number of carbonyl (C=O) groups is 3. The van der Waals surface area contributed by atoms with Crippen molar-refractivity contribution in [3.8, 4) is 11.5 Å². The van der Waals surface area contributed by atoms with Gasteiger partial charge in [0.2, 0.25) is 5.91 Å². The fourth-order valence-electron chi connectivity index (χ4n) is 2.49. The molecule has 0 unspecified atom stereocenters. The quantitative estimate of drug-likeness (QED) is 0.774. The molecule has 0 spiro atoms. The van der Waals surface area contributed by atoms with E-state index in [4.69, 9.17) is 14.6 Å². The third kappa shape index (κ3) is 5.66. The zero-order chi connectivity index (χ0) is 18.2. The number of aliphatic carboxylic acids is 1. The minimum atomic E-state index is -0.988. The molecule has 8 nitrogen and oxygen atoms in total. The maximum atomic E-state index is 12.2. The number of methoxy groups -OCH3 is 1. The molecule has 0 atom stereocenters. The van der Waals surface area contributed by atoms with E-state index in [0.29, 0.717) is 37.7 Å². The van der Waals surface area contributed by atoms with Gasteiger partial charge in [-0.05, 0) is 24.3 Å². The summed E-state index contributed by atoms with van der Waals surface area (Å²) in [6.07, 6.45) is -0.183. The van der Waals surface area contributed by atoms with Crippen LogP contribution in [0.1, 0.15) is 12.8 Å². The molecular formula is C17H22N2O6. The van der Waals surface area contributed by atoms with Crippen molar-refractivity contribution in [2.45, 2.75) is 12.8 Å². The lowest BCUT2D eigenvalue weighted by atomic mass is 10.2. The van der Waals surface area contributed by atoms with E-state index in [1.807, 2.05) is 0 Å². The average molecular weight is 350 g/mol. The number of amides is 2. The van der Waals surface area contributed by atoms with Crippen LogP contribution in [0.2, 0.25) is 0 Å². The lowest BCUT2D eigenvalue weighted by Gasteiger charge is -2.34. The highest BCUT2D eigenvalue weighted by Gasteiger charge is 2.24. The number of nitrogens with zero attached hydrogens (tertiary/aromatic N) is 2. The van der Waals surface area contributed by atoms with E-state index >= 15 is 0 Å². The van der Waals surface area contributed by atoms with Crippen molar-refractivity contribution < 1.29 is 29.0 Å². The Hall–Kier alpha value is -2.77. The Kier molecular flexibility index (Phi) is 6.62. The molecular weight excluding hydrogens is 328 g/mol. The van der Waals surface area contributed by atoms with E-state index < -0.39 is 5.97 Å². The predicted molar refractivity (Wildman–Crippen MR) is 88.5 cm³/mol. The Morgan fingerprint density at radius 1 is 0.920 bits per heavy atom. The van der Waals surface area contributed by atoms with Crippen LogP contribution in [0.5, 0.6) is 11.5 Å². The lowest BCUT2D eigenvalue weighted by Crippen LogP contribution is -2.51. The molecule has 0 aromatic heterocycles. The molecule has 1 fully saturated rings. The van der Waals surface area contributed by atoms with Gasteiger partial charge in [-0.3, -0.25) is 14.4 Å². The van der Waals surface area contributed by atoms with Crippen LogP contribution >= 0.6 is 0 Å². The van der Waals surface area contributed by atoms with E-state index in [-0.39, 0.29) is 31.3 Å². The summed E-state index contributed by atoms with van der Waals surface area (Å²) in [5, 5.41) is 8.61.